The Kier molecular flexibility index (Phi) is 4.94. The second-order valence-electron chi connectivity index (χ2n) is 7.31. The molecule has 1 saturated heterocycles. The Balaban J connectivity index is 1.56. The van der Waals surface area contributed by atoms with Crippen LogP contribution in [0.15, 0.2) is 35.5 Å². The number of rotatable bonds is 5. The molecule has 142 valence electrons. The number of aryl methyl sites for hydroxylation is 1. The summed E-state index contributed by atoms with van der Waals surface area (Å²) in [6, 6.07) is 3.87. The number of aromatic nitrogens is 4. The molecule has 4 rings (SSSR count). The van der Waals surface area contributed by atoms with Crippen LogP contribution in [-0.4, -0.2) is 44.6 Å². The van der Waals surface area contributed by atoms with E-state index in [0.29, 0.717) is 22.6 Å². The van der Waals surface area contributed by atoms with Gasteiger partial charge in [-0.2, -0.15) is 4.98 Å². The smallest absolute Gasteiger partial charge is 0.302 e. The highest BCUT2D eigenvalue weighted by Gasteiger charge is 2.19. The number of pyridine rings is 1. The number of fused-ring (bicyclic) bond motifs is 1. The van der Waals surface area contributed by atoms with Gasteiger partial charge >= 0.3 is 6.01 Å². The molecule has 4 heterocycles. The summed E-state index contributed by atoms with van der Waals surface area (Å²) in [6.45, 7) is 5.45. The Hall–Kier alpha value is -2.67. The van der Waals surface area contributed by atoms with Crippen molar-refractivity contribution in [3.63, 3.8) is 0 Å². The zero-order chi connectivity index (χ0) is 18.8. The van der Waals surface area contributed by atoms with Crippen molar-refractivity contribution in [2.45, 2.75) is 32.7 Å². The molecule has 1 unspecified atom stereocenters. The van der Waals surface area contributed by atoms with Crippen molar-refractivity contribution in [2.75, 3.05) is 20.1 Å². The van der Waals surface area contributed by atoms with Crippen LogP contribution in [0.25, 0.3) is 10.9 Å². The van der Waals surface area contributed by atoms with E-state index in [-0.39, 0.29) is 11.6 Å². The van der Waals surface area contributed by atoms with Gasteiger partial charge in [-0.3, -0.25) is 14.8 Å². The third-order valence-corrected chi connectivity index (χ3v) is 5.20. The first kappa shape index (κ1) is 17.7. The maximum Gasteiger partial charge on any atom is 0.302 e. The third-order valence-electron chi connectivity index (χ3n) is 5.20. The zero-order valence-corrected chi connectivity index (χ0v) is 15.8. The lowest BCUT2D eigenvalue weighted by Crippen LogP contribution is -2.34. The molecule has 1 atom stereocenters. The number of likely N-dealkylation sites (tertiary alicyclic amines) is 1. The van der Waals surface area contributed by atoms with E-state index in [1.165, 1.54) is 25.1 Å². The van der Waals surface area contributed by atoms with Crippen molar-refractivity contribution in [3.05, 3.63) is 46.8 Å². The van der Waals surface area contributed by atoms with E-state index in [1.807, 2.05) is 12.3 Å². The quantitative estimate of drug-likeness (QED) is 0.750. The summed E-state index contributed by atoms with van der Waals surface area (Å²) < 4.78 is 8.15. The van der Waals surface area contributed by atoms with Crippen LogP contribution in [0.3, 0.4) is 0 Å². The molecule has 0 spiro atoms. The summed E-state index contributed by atoms with van der Waals surface area (Å²) in [7, 11) is 2.19. The maximum absolute atomic E-state index is 12.2. The monoisotopic (exact) mass is 367 g/mol. The van der Waals surface area contributed by atoms with E-state index >= 15 is 0 Å². The fraction of sp³-hybridized carbons (Fsp3) is 0.450. The Morgan fingerprint density at radius 2 is 2.30 bits per heavy atom. The van der Waals surface area contributed by atoms with Crippen molar-refractivity contribution in [1.82, 2.24) is 24.4 Å². The number of nitrogens with one attached hydrogen (secondary N) is 1. The van der Waals surface area contributed by atoms with Crippen LogP contribution in [0.4, 0.5) is 0 Å². The Morgan fingerprint density at radius 3 is 3.11 bits per heavy atom. The van der Waals surface area contributed by atoms with Crippen LogP contribution >= 0.6 is 0 Å². The summed E-state index contributed by atoms with van der Waals surface area (Å²) in [4.78, 5) is 25.7. The summed E-state index contributed by atoms with van der Waals surface area (Å²) in [5.74, 6) is 1.35. The second kappa shape index (κ2) is 7.52. The van der Waals surface area contributed by atoms with Crippen molar-refractivity contribution in [2.24, 2.45) is 5.92 Å². The minimum Gasteiger partial charge on any atom is -0.424 e. The molecule has 0 bridgehead atoms. The van der Waals surface area contributed by atoms with Gasteiger partial charge in [-0.1, -0.05) is 6.92 Å². The van der Waals surface area contributed by atoms with Crippen molar-refractivity contribution >= 4 is 10.9 Å². The lowest BCUT2D eigenvalue weighted by Gasteiger charge is -2.30. The Bertz CT molecular complexity index is 993. The normalized spacial score (nSPS) is 18.1. The molecular formula is C20H25N5O2. The first-order valence-electron chi connectivity index (χ1n) is 9.52. The first-order chi connectivity index (χ1) is 13.1. The van der Waals surface area contributed by atoms with Crippen molar-refractivity contribution in [3.8, 4) is 11.8 Å². The van der Waals surface area contributed by atoms with E-state index in [1.54, 1.807) is 18.5 Å². The fourth-order valence-corrected chi connectivity index (χ4v) is 3.88. The predicted molar refractivity (Wildman–Crippen MR) is 104 cm³/mol. The number of ether oxygens (including phenoxy) is 1. The largest absolute Gasteiger partial charge is 0.424 e. The van der Waals surface area contributed by atoms with Gasteiger partial charge in [0.05, 0.1) is 17.1 Å². The molecule has 0 aromatic carbocycles. The SMILES string of the molecule is CCc1cc(Oc2nc3cnccc3c(=O)[nH]2)cn1CC1CCCN(C)C1. The molecule has 1 aliphatic rings. The molecule has 7 heteroatoms. The predicted octanol–water partition coefficient (Wildman–Crippen LogP) is 2.82. The molecule has 7 nitrogen and oxygen atoms in total. The van der Waals surface area contributed by atoms with Gasteiger partial charge in [0.1, 0.15) is 5.75 Å². The van der Waals surface area contributed by atoms with Gasteiger partial charge in [-0.25, -0.2) is 0 Å². The van der Waals surface area contributed by atoms with E-state index in [0.717, 1.165) is 19.5 Å². The van der Waals surface area contributed by atoms with Gasteiger partial charge in [0.15, 0.2) is 0 Å². The van der Waals surface area contributed by atoms with E-state index in [2.05, 4.69) is 38.4 Å². The number of H-pyrrole nitrogens is 1. The van der Waals surface area contributed by atoms with Crippen LogP contribution in [0.2, 0.25) is 0 Å². The van der Waals surface area contributed by atoms with Gasteiger partial charge in [-0.15, -0.1) is 0 Å². The molecule has 1 fully saturated rings. The number of aromatic amines is 1. The molecule has 3 aromatic heterocycles. The Morgan fingerprint density at radius 1 is 1.41 bits per heavy atom. The lowest BCUT2D eigenvalue weighted by atomic mass is 9.98. The van der Waals surface area contributed by atoms with Gasteiger partial charge in [0, 0.05) is 37.2 Å². The minimum absolute atomic E-state index is 0.192. The van der Waals surface area contributed by atoms with Gasteiger partial charge in [0.2, 0.25) is 0 Å². The molecule has 0 aliphatic carbocycles. The number of hydrogen-bond donors (Lipinski definition) is 1. The molecular weight excluding hydrogens is 342 g/mol. The highest BCUT2D eigenvalue weighted by Crippen LogP contribution is 2.25. The average Bonchev–Trinajstić information content (AvgIpc) is 3.03. The van der Waals surface area contributed by atoms with Crippen molar-refractivity contribution < 1.29 is 4.74 Å². The molecule has 1 aliphatic heterocycles. The average molecular weight is 367 g/mol. The van der Waals surface area contributed by atoms with Crippen LogP contribution in [0, 0.1) is 5.92 Å². The molecule has 0 saturated carbocycles. The van der Waals surface area contributed by atoms with Gasteiger partial charge in [-0.05, 0) is 44.8 Å². The molecule has 0 radical (unpaired) electrons. The standard InChI is InChI=1S/C20H25N5O2/c1-3-15-9-16(13-25(15)12-14-5-4-8-24(2)11-14)27-20-22-18-10-21-7-6-17(18)19(26)23-20/h6-7,9-10,13-14H,3-5,8,11-12H2,1-2H3,(H,22,23,26). The van der Waals surface area contributed by atoms with E-state index in [9.17, 15) is 4.79 Å². The minimum atomic E-state index is -0.224. The van der Waals surface area contributed by atoms with Crippen LogP contribution < -0.4 is 10.3 Å². The first-order valence-corrected chi connectivity index (χ1v) is 9.52. The maximum atomic E-state index is 12.2. The summed E-state index contributed by atoms with van der Waals surface area (Å²) in [5, 5.41) is 0.505. The second-order valence-corrected chi connectivity index (χ2v) is 7.31. The van der Waals surface area contributed by atoms with E-state index in [4.69, 9.17) is 4.74 Å². The summed E-state index contributed by atoms with van der Waals surface area (Å²) in [6.07, 6.45) is 8.60. The molecule has 1 N–H and O–H groups in total. The highest BCUT2D eigenvalue weighted by molar-refractivity contribution is 5.76. The van der Waals surface area contributed by atoms with Crippen LogP contribution in [-0.2, 0) is 13.0 Å². The summed E-state index contributed by atoms with van der Waals surface area (Å²) >= 11 is 0. The molecule has 3 aromatic rings. The van der Waals surface area contributed by atoms with Gasteiger partial charge in [0.25, 0.3) is 5.56 Å². The number of piperidine rings is 1. The molecule has 27 heavy (non-hydrogen) atoms. The zero-order valence-electron chi connectivity index (χ0n) is 15.8. The highest BCUT2D eigenvalue weighted by atomic mass is 16.5. The molecule has 0 amide bonds. The number of nitrogens with zero attached hydrogens (tertiary/aromatic N) is 4. The van der Waals surface area contributed by atoms with E-state index < -0.39 is 0 Å². The van der Waals surface area contributed by atoms with Crippen molar-refractivity contribution in [1.29, 1.82) is 0 Å². The third kappa shape index (κ3) is 3.88. The van der Waals surface area contributed by atoms with Crippen LogP contribution in [0.5, 0.6) is 11.8 Å². The lowest BCUT2D eigenvalue weighted by molar-refractivity contribution is 0.193. The fourth-order valence-electron chi connectivity index (χ4n) is 3.88. The Labute approximate surface area is 158 Å². The topological polar surface area (TPSA) is 76.0 Å². The van der Waals surface area contributed by atoms with Gasteiger partial charge < -0.3 is 14.2 Å². The number of hydrogen-bond acceptors (Lipinski definition) is 5. The van der Waals surface area contributed by atoms with Crippen LogP contribution in [0.1, 0.15) is 25.5 Å². The summed E-state index contributed by atoms with van der Waals surface area (Å²) in [5.41, 5.74) is 1.53.